The molecule has 0 spiro atoms. The van der Waals surface area contributed by atoms with Crippen LogP contribution in [-0.2, 0) is 19.6 Å². The summed E-state index contributed by atoms with van der Waals surface area (Å²) >= 11 is 0. The van der Waals surface area contributed by atoms with Gasteiger partial charge in [0.05, 0.1) is 12.1 Å². The molecule has 3 N–H and O–H groups in total. The molecule has 0 aliphatic heterocycles. The van der Waals surface area contributed by atoms with E-state index in [-0.39, 0.29) is 0 Å². The van der Waals surface area contributed by atoms with Gasteiger partial charge < -0.3 is 15.6 Å². The Labute approximate surface area is 214 Å². The summed E-state index contributed by atoms with van der Waals surface area (Å²) < 4.78 is 4.13. The first kappa shape index (κ1) is 22.7. The van der Waals surface area contributed by atoms with Crippen LogP contribution in [0.5, 0.6) is 0 Å². The van der Waals surface area contributed by atoms with Gasteiger partial charge in [-0.05, 0) is 71.3 Å². The van der Waals surface area contributed by atoms with Crippen LogP contribution in [0.25, 0.3) is 21.8 Å². The molecule has 0 fully saturated rings. The number of fused-ring (bicyclic) bond motifs is 2. The second kappa shape index (κ2) is 9.39. The summed E-state index contributed by atoms with van der Waals surface area (Å²) in [7, 11) is 0. The van der Waals surface area contributed by atoms with Crippen molar-refractivity contribution in [2.45, 2.75) is 33.5 Å². The Morgan fingerprint density at radius 3 is 2.46 bits per heavy atom. The number of pyridine rings is 1. The fourth-order valence-electron chi connectivity index (χ4n) is 4.91. The first-order valence-electron chi connectivity index (χ1n) is 12.3. The Morgan fingerprint density at radius 1 is 0.865 bits per heavy atom. The number of nitrogens with zero attached hydrogens (tertiary/aromatic N) is 6. The highest BCUT2D eigenvalue weighted by molar-refractivity contribution is 5.94. The number of nitrogens with one attached hydrogen (secondary N) is 1. The Hall–Kier alpha value is -4.72. The van der Waals surface area contributed by atoms with Crippen molar-refractivity contribution < 1.29 is 0 Å². The summed E-state index contributed by atoms with van der Waals surface area (Å²) in [5.41, 5.74) is 14.1. The number of rotatable bonds is 7. The maximum atomic E-state index is 6.10. The van der Waals surface area contributed by atoms with Crippen LogP contribution < -0.4 is 11.1 Å². The highest BCUT2D eigenvalue weighted by Gasteiger charge is 2.11. The molecule has 6 rings (SSSR count). The minimum absolute atomic E-state index is 0.563. The van der Waals surface area contributed by atoms with Crippen LogP contribution in [0.4, 0.5) is 11.6 Å². The predicted octanol–water partition coefficient (Wildman–Crippen LogP) is 5.08. The van der Waals surface area contributed by atoms with Gasteiger partial charge in [-0.3, -0.25) is 4.68 Å². The molecule has 0 atom stereocenters. The van der Waals surface area contributed by atoms with E-state index in [1.54, 1.807) is 12.4 Å². The van der Waals surface area contributed by atoms with Crippen LogP contribution in [-0.4, -0.2) is 29.5 Å². The maximum absolute atomic E-state index is 6.10. The molecule has 0 unspecified atom stereocenters. The Balaban J connectivity index is 1.20. The van der Waals surface area contributed by atoms with Gasteiger partial charge in [-0.1, -0.05) is 24.3 Å². The van der Waals surface area contributed by atoms with E-state index in [4.69, 9.17) is 5.73 Å². The third-order valence-electron chi connectivity index (χ3n) is 6.96. The van der Waals surface area contributed by atoms with Crippen molar-refractivity contribution in [3.63, 3.8) is 0 Å². The van der Waals surface area contributed by atoms with Gasteiger partial charge in [-0.15, -0.1) is 10.2 Å². The molecule has 0 saturated heterocycles. The maximum Gasteiger partial charge on any atom is 0.151 e. The Morgan fingerprint density at radius 2 is 1.68 bits per heavy atom. The van der Waals surface area contributed by atoms with Gasteiger partial charge in [0.2, 0.25) is 0 Å². The normalized spacial score (nSPS) is 11.4. The summed E-state index contributed by atoms with van der Waals surface area (Å²) in [5, 5.41) is 18.7. The van der Waals surface area contributed by atoms with Crippen LogP contribution in [0.1, 0.15) is 27.8 Å². The molecule has 0 bridgehead atoms. The molecule has 8 heteroatoms. The number of nitrogen functional groups attached to an aromatic ring is 1. The van der Waals surface area contributed by atoms with E-state index < -0.39 is 0 Å². The SMILES string of the molecule is Cc1cc2c(N)nccc2c(C)c1CNc1cc2c(ccn2Cc2ccc(Cn3cccn3)cc2)nn1. The number of anilines is 2. The molecule has 2 aromatic carbocycles. The van der Waals surface area contributed by atoms with Gasteiger partial charge in [0.25, 0.3) is 0 Å². The fourth-order valence-corrected chi connectivity index (χ4v) is 4.91. The Bertz CT molecular complexity index is 1700. The molecule has 6 aromatic rings. The third kappa shape index (κ3) is 4.49. The van der Waals surface area contributed by atoms with E-state index in [1.807, 2.05) is 29.1 Å². The van der Waals surface area contributed by atoms with Crippen LogP contribution in [0.15, 0.2) is 79.4 Å². The van der Waals surface area contributed by atoms with Gasteiger partial charge >= 0.3 is 0 Å². The minimum atomic E-state index is 0.563. The number of aromatic nitrogens is 6. The molecule has 8 nitrogen and oxygen atoms in total. The highest BCUT2D eigenvalue weighted by Crippen LogP contribution is 2.28. The van der Waals surface area contributed by atoms with Gasteiger partial charge in [0.1, 0.15) is 11.3 Å². The van der Waals surface area contributed by atoms with Crippen molar-refractivity contribution in [2.75, 3.05) is 11.1 Å². The lowest BCUT2D eigenvalue weighted by Crippen LogP contribution is -2.07. The zero-order valence-electron chi connectivity index (χ0n) is 20.9. The first-order valence-corrected chi connectivity index (χ1v) is 12.3. The van der Waals surface area contributed by atoms with E-state index in [2.05, 4.69) is 86.6 Å². The molecule has 0 amide bonds. The molecule has 0 saturated carbocycles. The van der Waals surface area contributed by atoms with Gasteiger partial charge in [0.15, 0.2) is 5.82 Å². The summed E-state index contributed by atoms with van der Waals surface area (Å²) in [5.74, 6) is 1.31. The number of hydrogen-bond acceptors (Lipinski definition) is 6. The number of benzene rings is 2. The second-order valence-corrected chi connectivity index (χ2v) is 9.41. The molecule has 37 heavy (non-hydrogen) atoms. The molecular formula is C29H28N8. The number of hydrogen-bond donors (Lipinski definition) is 2. The molecule has 0 radical (unpaired) electrons. The Kier molecular flexibility index (Phi) is 5.76. The van der Waals surface area contributed by atoms with E-state index in [9.17, 15) is 0 Å². The van der Waals surface area contributed by atoms with Gasteiger partial charge in [-0.25, -0.2) is 4.98 Å². The second-order valence-electron chi connectivity index (χ2n) is 9.41. The summed E-state index contributed by atoms with van der Waals surface area (Å²) in [6.45, 7) is 6.41. The first-order chi connectivity index (χ1) is 18.0. The van der Waals surface area contributed by atoms with Gasteiger partial charge in [0, 0.05) is 49.3 Å². The largest absolute Gasteiger partial charge is 0.383 e. The van der Waals surface area contributed by atoms with E-state index in [0.29, 0.717) is 12.4 Å². The molecule has 0 aliphatic rings. The molecular weight excluding hydrogens is 460 g/mol. The summed E-state index contributed by atoms with van der Waals surface area (Å²) in [4.78, 5) is 4.23. The average molecular weight is 489 g/mol. The van der Waals surface area contributed by atoms with Crippen molar-refractivity contribution in [2.24, 2.45) is 0 Å². The zero-order valence-corrected chi connectivity index (χ0v) is 20.9. The van der Waals surface area contributed by atoms with E-state index >= 15 is 0 Å². The van der Waals surface area contributed by atoms with Crippen molar-refractivity contribution in [1.29, 1.82) is 0 Å². The van der Waals surface area contributed by atoms with Crippen molar-refractivity contribution in [3.8, 4) is 0 Å². The lowest BCUT2D eigenvalue weighted by Gasteiger charge is -2.15. The van der Waals surface area contributed by atoms with E-state index in [0.717, 1.165) is 40.7 Å². The summed E-state index contributed by atoms with van der Waals surface area (Å²) in [6.07, 6.45) is 7.60. The topological polar surface area (TPSA) is 99.5 Å². The van der Waals surface area contributed by atoms with Crippen LogP contribution in [0.3, 0.4) is 0 Å². The lowest BCUT2D eigenvalue weighted by molar-refractivity contribution is 0.686. The zero-order chi connectivity index (χ0) is 25.4. The standard InChI is InChI=1S/C29H28N8/c1-19-14-24-23(8-11-31-29(24)30)20(2)25(19)16-32-28-15-27-26(34-35-28)9-13-36(27)17-21-4-6-22(7-5-21)18-37-12-3-10-33-37/h3-15H,16-18H2,1-2H3,(H2,30,31)(H,32,35). The van der Waals surface area contributed by atoms with Gasteiger partial charge in [-0.2, -0.15) is 5.10 Å². The van der Waals surface area contributed by atoms with Crippen LogP contribution in [0, 0.1) is 13.8 Å². The van der Waals surface area contributed by atoms with Crippen LogP contribution in [0.2, 0.25) is 0 Å². The smallest absolute Gasteiger partial charge is 0.151 e. The third-order valence-corrected chi connectivity index (χ3v) is 6.96. The minimum Gasteiger partial charge on any atom is -0.383 e. The fraction of sp³-hybridized carbons (Fsp3) is 0.172. The monoisotopic (exact) mass is 488 g/mol. The lowest BCUT2D eigenvalue weighted by atomic mass is 9.96. The quantitative estimate of drug-likeness (QED) is 0.325. The highest BCUT2D eigenvalue weighted by atomic mass is 15.3. The number of aryl methyl sites for hydroxylation is 2. The van der Waals surface area contributed by atoms with Crippen LogP contribution >= 0.6 is 0 Å². The molecule has 0 aliphatic carbocycles. The molecule has 4 heterocycles. The number of nitrogens with two attached hydrogens (primary N) is 1. The molecule has 184 valence electrons. The summed E-state index contributed by atoms with van der Waals surface area (Å²) in [6, 6.07) is 18.8. The van der Waals surface area contributed by atoms with Crippen molar-refractivity contribution >= 4 is 33.4 Å². The van der Waals surface area contributed by atoms with Crippen molar-refractivity contribution in [3.05, 3.63) is 107 Å². The van der Waals surface area contributed by atoms with Crippen molar-refractivity contribution in [1.82, 2.24) is 29.5 Å². The average Bonchev–Trinajstić information content (AvgIpc) is 3.56. The van der Waals surface area contributed by atoms with E-state index in [1.165, 1.54) is 27.8 Å². The molecule has 4 aromatic heterocycles. The predicted molar refractivity (Wildman–Crippen MR) is 147 cm³/mol.